The highest BCUT2D eigenvalue weighted by atomic mass is 35.5. The van der Waals surface area contributed by atoms with Crippen molar-refractivity contribution in [1.29, 1.82) is 0 Å². The summed E-state index contributed by atoms with van der Waals surface area (Å²) < 4.78 is 0. The third-order valence-corrected chi connectivity index (χ3v) is 3.65. The first-order valence-corrected chi connectivity index (χ1v) is 6.92. The van der Waals surface area contributed by atoms with Crippen LogP contribution in [0.4, 0.5) is 11.4 Å². The van der Waals surface area contributed by atoms with Gasteiger partial charge in [-0.25, -0.2) is 0 Å². The van der Waals surface area contributed by atoms with Gasteiger partial charge in [0, 0.05) is 20.5 Å². The Labute approximate surface area is 143 Å². The van der Waals surface area contributed by atoms with E-state index >= 15 is 0 Å². The van der Waals surface area contributed by atoms with Crippen molar-refractivity contribution in [2.75, 3.05) is 37.4 Å². The molecule has 120 valence electrons. The van der Waals surface area contributed by atoms with Crippen molar-refractivity contribution in [3.05, 3.63) is 23.2 Å². The molecule has 0 spiro atoms. The van der Waals surface area contributed by atoms with E-state index in [2.05, 4.69) is 10.6 Å². The van der Waals surface area contributed by atoms with Crippen molar-refractivity contribution in [3.63, 3.8) is 0 Å². The summed E-state index contributed by atoms with van der Waals surface area (Å²) in [5.41, 5.74) is 1.62. The first-order valence-electron chi connectivity index (χ1n) is 6.54. The maximum atomic E-state index is 12.1. The molecule has 1 aliphatic rings. The molecule has 0 bridgehead atoms. The molecule has 1 amide bonds. The molecule has 4 nitrogen and oxygen atoms in total. The number of rotatable bonds is 4. The van der Waals surface area contributed by atoms with E-state index in [-0.39, 0.29) is 30.7 Å². The zero-order chi connectivity index (χ0) is 13.8. The van der Waals surface area contributed by atoms with Gasteiger partial charge in [0.05, 0.1) is 16.4 Å². The van der Waals surface area contributed by atoms with Gasteiger partial charge in [-0.05, 0) is 37.6 Å². The Morgan fingerprint density at radius 3 is 2.71 bits per heavy atom. The van der Waals surface area contributed by atoms with E-state index in [4.69, 9.17) is 11.6 Å². The molecule has 0 radical (unpaired) electrons. The lowest BCUT2D eigenvalue weighted by atomic mass is 10.0. The van der Waals surface area contributed by atoms with Crippen LogP contribution in [0.3, 0.4) is 0 Å². The molecular formula is C14H22Cl3N3O. The zero-order valence-corrected chi connectivity index (χ0v) is 14.6. The fourth-order valence-electron chi connectivity index (χ4n) is 2.42. The predicted octanol–water partition coefficient (Wildman–Crippen LogP) is 3.19. The first kappa shape index (κ1) is 20.3. The van der Waals surface area contributed by atoms with Crippen LogP contribution in [-0.2, 0) is 4.79 Å². The quantitative estimate of drug-likeness (QED) is 0.873. The number of nitrogens with one attached hydrogen (secondary N) is 2. The van der Waals surface area contributed by atoms with Gasteiger partial charge in [0.1, 0.15) is 0 Å². The lowest BCUT2D eigenvalue weighted by Gasteiger charge is -2.19. The van der Waals surface area contributed by atoms with Crippen molar-refractivity contribution >= 4 is 53.7 Å². The summed E-state index contributed by atoms with van der Waals surface area (Å²) in [5, 5.41) is 6.88. The van der Waals surface area contributed by atoms with Gasteiger partial charge in [-0.2, -0.15) is 0 Å². The Bertz CT molecular complexity index is 463. The fourth-order valence-corrected chi connectivity index (χ4v) is 2.77. The normalized spacial score (nSPS) is 16.6. The monoisotopic (exact) mass is 353 g/mol. The summed E-state index contributed by atoms with van der Waals surface area (Å²) >= 11 is 6.18. The van der Waals surface area contributed by atoms with E-state index < -0.39 is 0 Å². The molecule has 2 rings (SSSR count). The third-order valence-electron chi connectivity index (χ3n) is 3.34. The van der Waals surface area contributed by atoms with E-state index in [1.807, 2.05) is 37.2 Å². The van der Waals surface area contributed by atoms with Crippen molar-refractivity contribution in [2.24, 2.45) is 5.92 Å². The third kappa shape index (κ3) is 5.55. The molecule has 1 fully saturated rings. The molecule has 21 heavy (non-hydrogen) atoms. The van der Waals surface area contributed by atoms with Crippen molar-refractivity contribution < 1.29 is 4.79 Å². The highest BCUT2D eigenvalue weighted by molar-refractivity contribution is 6.34. The van der Waals surface area contributed by atoms with E-state index in [1.165, 1.54) is 0 Å². The molecule has 1 aromatic rings. The van der Waals surface area contributed by atoms with Gasteiger partial charge in [0.2, 0.25) is 5.91 Å². The van der Waals surface area contributed by atoms with Crippen LogP contribution >= 0.6 is 36.4 Å². The fraction of sp³-hybridized carbons (Fsp3) is 0.500. The van der Waals surface area contributed by atoms with E-state index in [0.29, 0.717) is 17.4 Å². The zero-order valence-electron chi connectivity index (χ0n) is 12.2. The van der Waals surface area contributed by atoms with Crippen molar-refractivity contribution in [3.8, 4) is 0 Å². The average Bonchev–Trinajstić information content (AvgIpc) is 2.81. The van der Waals surface area contributed by atoms with Crippen LogP contribution in [0, 0.1) is 5.92 Å². The Balaban J connectivity index is 0.00000200. The molecule has 1 aliphatic heterocycles. The Kier molecular flexibility index (Phi) is 9.06. The molecule has 1 aromatic carbocycles. The summed E-state index contributed by atoms with van der Waals surface area (Å²) in [6.45, 7) is 1.95. The Morgan fingerprint density at radius 2 is 2.14 bits per heavy atom. The number of carbonyl (C=O) groups is 1. The number of para-hydroxylation sites is 1. The maximum absolute atomic E-state index is 12.1. The molecular weight excluding hydrogens is 333 g/mol. The molecule has 1 heterocycles. The SMILES string of the molecule is CN(C)c1c(Cl)cccc1NC(=O)CC1CCNC1.Cl.Cl. The van der Waals surface area contributed by atoms with E-state index in [0.717, 1.165) is 30.9 Å². The summed E-state index contributed by atoms with van der Waals surface area (Å²) in [6.07, 6.45) is 1.63. The number of benzene rings is 1. The van der Waals surface area contributed by atoms with Gasteiger partial charge in [0.15, 0.2) is 0 Å². The molecule has 0 aromatic heterocycles. The van der Waals surface area contributed by atoms with Crippen LogP contribution in [0.5, 0.6) is 0 Å². The number of carbonyl (C=O) groups excluding carboxylic acids is 1. The van der Waals surface area contributed by atoms with Gasteiger partial charge in [-0.3, -0.25) is 4.79 Å². The summed E-state index contributed by atoms with van der Waals surface area (Å²) in [6, 6.07) is 5.56. The van der Waals surface area contributed by atoms with Crippen LogP contribution in [0.1, 0.15) is 12.8 Å². The lowest BCUT2D eigenvalue weighted by Crippen LogP contribution is -2.20. The Morgan fingerprint density at radius 1 is 1.43 bits per heavy atom. The van der Waals surface area contributed by atoms with Crippen LogP contribution in [0.2, 0.25) is 5.02 Å². The van der Waals surface area contributed by atoms with Gasteiger partial charge >= 0.3 is 0 Å². The number of hydrogen-bond donors (Lipinski definition) is 2. The number of hydrogen-bond acceptors (Lipinski definition) is 3. The minimum Gasteiger partial charge on any atom is -0.375 e. The minimum atomic E-state index is 0. The second-order valence-electron chi connectivity index (χ2n) is 5.14. The molecule has 1 unspecified atom stereocenters. The molecule has 1 atom stereocenters. The highest BCUT2D eigenvalue weighted by Gasteiger charge is 2.19. The number of nitrogens with zero attached hydrogens (tertiary/aromatic N) is 1. The highest BCUT2D eigenvalue weighted by Crippen LogP contribution is 2.32. The smallest absolute Gasteiger partial charge is 0.224 e. The van der Waals surface area contributed by atoms with Gasteiger partial charge in [-0.1, -0.05) is 17.7 Å². The standard InChI is InChI=1S/C14H20ClN3O.2ClH/c1-18(2)14-11(15)4-3-5-12(14)17-13(19)8-10-6-7-16-9-10;;/h3-5,10,16H,6-9H2,1-2H3,(H,17,19);2*1H. The Hall–Kier alpha value is -0.680. The van der Waals surface area contributed by atoms with Crippen molar-refractivity contribution in [1.82, 2.24) is 5.32 Å². The van der Waals surface area contributed by atoms with Crippen LogP contribution in [0.15, 0.2) is 18.2 Å². The average molecular weight is 355 g/mol. The van der Waals surface area contributed by atoms with Gasteiger partial charge in [-0.15, -0.1) is 24.8 Å². The van der Waals surface area contributed by atoms with Crippen LogP contribution < -0.4 is 15.5 Å². The van der Waals surface area contributed by atoms with Crippen molar-refractivity contribution in [2.45, 2.75) is 12.8 Å². The number of halogens is 3. The minimum absolute atomic E-state index is 0. The predicted molar refractivity (Wildman–Crippen MR) is 94.5 cm³/mol. The summed E-state index contributed by atoms with van der Waals surface area (Å²) in [5.74, 6) is 0.501. The number of amides is 1. The van der Waals surface area contributed by atoms with E-state index in [9.17, 15) is 4.79 Å². The van der Waals surface area contributed by atoms with Gasteiger partial charge in [0.25, 0.3) is 0 Å². The molecule has 2 N–H and O–H groups in total. The number of anilines is 2. The maximum Gasteiger partial charge on any atom is 0.224 e. The summed E-state index contributed by atoms with van der Waals surface area (Å²) in [7, 11) is 3.83. The van der Waals surface area contributed by atoms with Gasteiger partial charge < -0.3 is 15.5 Å². The molecule has 7 heteroatoms. The second-order valence-corrected chi connectivity index (χ2v) is 5.55. The van der Waals surface area contributed by atoms with Crippen LogP contribution in [-0.4, -0.2) is 33.1 Å². The first-order chi connectivity index (χ1) is 9.08. The molecule has 1 saturated heterocycles. The second kappa shape index (κ2) is 9.36. The topological polar surface area (TPSA) is 44.4 Å². The molecule has 0 saturated carbocycles. The molecule has 0 aliphatic carbocycles. The lowest BCUT2D eigenvalue weighted by molar-refractivity contribution is -0.116. The largest absolute Gasteiger partial charge is 0.375 e. The van der Waals surface area contributed by atoms with Crippen LogP contribution in [0.25, 0.3) is 0 Å². The summed E-state index contributed by atoms with van der Waals surface area (Å²) in [4.78, 5) is 14.0. The van der Waals surface area contributed by atoms with E-state index in [1.54, 1.807) is 0 Å².